The van der Waals surface area contributed by atoms with E-state index in [4.69, 9.17) is 11.6 Å². The maximum atomic E-state index is 11.3. The molecule has 19 heavy (non-hydrogen) atoms. The van der Waals surface area contributed by atoms with Crippen molar-refractivity contribution in [2.45, 2.75) is 13.3 Å². The number of thiazole rings is 1. The molecule has 1 aromatic heterocycles. The number of carbonyl (C=O) groups is 1. The van der Waals surface area contributed by atoms with E-state index in [0.29, 0.717) is 16.3 Å². The van der Waals surface area contributed by atoms with Crippen molar-refractivity contribution < 1.29 is 9.90 Å². The lowest BCUT2D eigenvalue weighted by atomic mass is 10.1. The van der Waals surface area contributed by atoms with Gasteiger partial charge in [0.05, 0.1) is 16.6 Å². The number of carbonyl (C=O) groups excluding carboxylic acids is 1. The Balaban J connectivity index is 2.72. The van der Waals surface area contributed by atoms with E-state index in [1.165, 1.54) is 0 Å². The first-order valence-electron chi connectivity index (χ1n) is 5.79. The van der Waals surface area contributed by atoms with Crippen LogP contribution in [0.25, 0.3) is 10.4 Å². The Bertz CT molecular complexity index is 625. The molecule has 0 aliphatic rings. The highest BCUT2D eigenvalue weighted by molar-refractivity contribution is 7.36. The lowest BCUT2D eigenvalue weighted by molar-refractivity contribution is -0.255. The minimum absolute atomic E-state index is 0.00296. The van der Waals surface area contributed by atoms with Crippen molar-refractivity contribution in [3.8, 4) is 10.4 Å². The molecule has 0 bridgehead atoms. The van der Waals surface area contributed by atoms with E-state index >= 15 is 0 Å². The topological polar surface area (TPSA) is 65.0 Å². The lowest BCUT2D eigenvalue weighted by Gasteiger charge is -2.01. The van der Waals surface area contributed by atoms with Crippen LogP contribution in [0.1, 0.15) is 22.4 Å². The van der Waals surface area contributed by atoms with Gasteiger partial charge < -0.3 is 9.90 Å². The smallest absolute Gasteiger partial charge is 0.264 e. The second kappa shape index (κ2) is 5.69. The first-order chi connectivity index (χ1) is 9.08. The van der Waals surface area contributed by atoms with E-state index in [0.717, 1.165) is 10.6 Å². The number of aromatic carboxylic acids is 1. The molecule has 1 unspecified atom stereocenters. The normalized spacial score (nSPS) is 11.6. The number of rotatable bonds is 4. The van der Waals surface area contributed by atoms with Crippen molar-refractivity contribution in [1.82, 2.24) is 4.98 Å². The molecule has 1 N–H and O–H groups in total. The SMILES string of the molecule is CCc1nc(C(=O)[O-])c(-c2cccc(Cl)c2)[s+]1NC. The molecule has 0 amide bonds. The maximum Gasteiger partial charge on any atom is 0.264 e. The van der Waals surface area contributed by atoms with Crippen LogP contribution in [0.5, 0.6) is 0 Å². The molecule has 0 radical (unpaired) electrons. The molecule has 2 aromatic rings. The van der Waals surface area contributed by atoms with E-state index in [-0.39, 0.29) is 5.69 Å². The van der Waals surface area contributed by atoms with Gasteiger partial charge in [0.15, 0.2) is 5.69 Å². The molecular formula is C13H13ClN2O2S. The molecule has 1 aromatic carbocycles. The Morgan fingerprint density at radius 1 is 1.53 bits per heavy atom. The second-order valence-electron chi connectivity index (χ2n) is 3.84. The van der Waals surface area contributed by atoms with Gasteiger partial charge in [-0.25, -0.2) is 0 Å². The van der Waals surface area contributed by atoms with E-state index < -0.39 is 16.6 Å². The summed E-state index contributed by atoms with van der Waals surface area (Å²) in [7, 11) is 1.27. The molecular weight excluding hydrogens is 284 g/mol. The lowest BCUT2D eigenvalue weighted by Crippen LogP contribution is -2.23. The van der Waals surface area contributed by atoms with Gasteiger partial charge in [-0.15, -0.1) is 4.72 Å². The van der Waals surface area contributed by atoms with Crippen molar-refractivity contribution in [2.75, 3.05) is 11.8 Å². The number of hydrogen-bond donors (Lipinski definition) is 1. The maximum absolute atomic E-state index is 11.3. The molecule has 0 aliphatic carbocycles. The van der Waals surface area contributed by atoms with Crippen molar-refractivity contribution >= 4 is 28.2 Å². The molecule has 2 rings (SSSR count). The summed E-state index contributed by atoms with van der Waals surface area (Å²) < 4.78 is 3.12. The summed E-state index contributed by atoms with van der Waals surface area (Å²) in [5, 5.41) is 12.6. The van der Waals surface area contributed by atoms with Crippen molar-refractivity contribution in [2.24, 2.45) is 0 Å². The molecule has 1 atom stereocenters. The first-order valence-corrected chi connectivity index (χ1v) is 7.39. The number of benzene rings is 1. The van der Waals surface area contributed by atoms with Crippen LogP contribution >= 0.6 is 22.3 Å². The van der Waals surface area contributed by atoms with Crippen molar-refractivity contribution in [3.05, 3.63) is 40.0 Å². The molecule has 0 aliphatic heterocycles. The fourth-order valence-corrected chi connectivity index (χ4v) is 3.92. The van der Waals surface area contributed by atoms with Crippen molar-refractivity contribution in [3.63, 3.8) is 0 Å². The van der Waals surface area contributed by atoms with Crippen LogP contribution in [0.2, 0.25) is 5.02 Å². The monoisotopic (exact) mass is 296 g/mol. The highest BCUT2D eigenvalue weighted by Gasteiger charge is 2.29. The molecule has 4 nitrogen and oxygen atoms in total. The minimum Gasteiger partial charge on any atom is -0.543 e. The van der Waals surface area contributed by atoms with Crippen LogP contribution < -0.4 is 9.83 Å². The summed E-state index contributed by atoms with van der Waals surface area (Å²) in [5.74, 6) is -1.26. The number of carboxylic acids is 1. The number of halogens is 1. The van der Waals surface area contributed by atoms with Crippen LogP contribution in [0.3, 0.4) is 0 Å². The van der Waals surface area contributed by atoms with Crippen LogP contribution in [0.15, 0.2) is 24.3 Å². The van der Waals surface area contributed by atoms with Gasteiger partial charge in [-0.05, 0) is 18.2 Å². The van der Waals surface area contributed by atoms with Gasteiger partial charge >= 0.3 is 0 Å². The fourth-order valence-electron chi connectivity index (χ4n) is 1.90. The van der Waals surface area contributed by atoms with E-state index in [2.05, 4.69) is 9.71 Å². The highest BCUT2D eigenvalue weighted by Crippen LogP contribution is 2.39. The summed E-state index contributed by atoms with van der Waals surface area (Å²) in [5.41, 5.74) is 0.758. The predicted molar refractivity (Wildman–Crippen MR) is 76.2 cm³/mol. The zero-order valence-electron chi connectivity index (χ0n) is 10.6. The number of carboxylic acid groups (broad SMARTS) is 1. The van der Waals surface area contributed by atoms with E-state index in [1.807, 2.05) is 13.0 Å². The Labute approximate surface area is 119 Å². The average Bonchev–Trinajstić information content (AvgIpc) is 2.77. The zero-order valence-corrected chi connectivity index (χ0v) is 12.1. The Morgan fingerprint density at radius 3 is 2.79 bits per heavy atom. The van der Waals surface area contributed by atoms with E-state index in [9.17, 15) is 9.90 Å². The largest absolute Gasteiger partial charge is 0.543 e. The average molecular weight is 297 g/mol. The highest BCUT2D eigenvalue weighted by atomic mass is 35.5. The third-order valence-corrected chi connectivity index (χ3v) is 5.01. The molecule has 6 heteroatoms. The van der Waals surface area contributed by atoms with Gasteiger partial charge in [0.25, 0.3) is 5.01 Å². The third kappa shape index (κ3) is 2.63. The summed E-state index contributed by atoms with van der Waals surface area (Å²) in [6.07, 6.45) is 0.685. The number of aromatic nitrogens is 1. The summed E-state index contributed by atoms with van der Waals surface area (Å²) in [6, 6.07) is 7.11. The van der Waals surface area contributed by atoms with Crippen LogP contribution in [0, 0.1) is 0 Å². The van der Waals surface area contributed by atoms with Gasteiger partial charge in [0.1, 0.15) is 0 Å². The Morgan fingerprint density at radius 2 is 2.26 bits per heavy atom. The van der Waals surface area contributed by atoms with Gasteiger partial charge in [-0.3, -0.25) is 0 Å². The number of nitrogens with zero attached hydrogens (tertiary/aromatic N) is 1. The van der Waals surface area contributed by atoms with Crippen LogP contribution in [-0.4, -0.2) is 18.0 Å². The summed E-state index contributed by atoms with van der Waals surface area (Å²) in [4.78, 5) is 16.1. The molecule has 0 saturated heterocycles. The Hall–Kier alpha value is -1.43. The van der Waals surface area contributed by atoms with Gasteiger partial charge in [0, 0.05) is 24.1 Å². The second-order valence-corrected chi connectivity index (χ2v) is 6.18. The standard InChI is InChI=1S/C13H13ClN2O2S/c1-3-10-16-11(13(17)18)12(19(10)15-2)8-5-4-6-9(14)7-8/h4-7,15H,3H2,1-2H3. The van der Waals surface area contributed by atoms with Crippen LogP contribution in [-0.2, 0) is 6.42 Å². The van der Waals surface area contributed by atoms with Crippen molar-refractivity contribution in [1.29, 1.82) is 0 Å². The fraction of sp³-hybridized carbons (Fsp3) is 0.231. The van der Waals surface area contributed by atoms with E-state index in [1.54, 1.807) is 25.2 Å². The molecule has 0 saturated carbocycles. The predicted octanol–water partition coefficient (Wildman–Crippen LogP) is 2.25. The minimum atomic E-state index is -1.26. The molecule has 0 fully saturated rings. The molecule has 0 spiro atoms. The summed E-state index contributed by atoms with van der Waals surface area (Å²) >= 11 is 5.97. The van der Waals surface area contributed by atoms with Gasteiger partial charge in [0.2, 0.25) is 4.88 Å². The number of hydrogen-bond acceptors (Lipinski definition) is 4. The first kappa shape index (κ1) is 14.0. The Kier molecular flexibility index (Phi) is 4.19. The zero-order chi connectivity index (χ0) is 14.0. The molecule has 100 valence electrons. The summed E-state index contributed by atoms with van der Waals surface area (Å²) in [6.45, 7) is 1.95. The number of aryl methyl sites for hydroxylation is 1. The quantitative estimate of drug-likeness (QED) is 0.879. The van der Waals surface area contributed by atoms with Gasteiger partial charge in [-0.1, -0.05) is 24.6 Å². The third-order valence-electron chi connectivity index (χ3n) is 2.68. The van der Waals surface area contributed by atoms with Crippen LogP contribution in [0.4, 0.5) is 0 Å². The van der Waals surface area contributed by atoms with Gasteiger partial charge in [-0.2, -0.15) is 4.98 Å². The molecule has 1 heterocycles. The number of nitrogens with one attached hydrogen (secondary N) is 1.